The molecule has 2 aromatic rings. The maximum Gasteiger partial charge on any atom is 0.118 e. The van der Waals surface area contributed by atoms with Crippen LogP contribution in [0, 0.1) is 0 Å². The third-order valence-electron chi connectivity index (χ3n) is 2.68. The topological polar surface area (TPSA) is 35.2 Å². The van der Waals surface area contributed by atoms with Crippen LogP contribution in [0.25, 0.3) is 0 Å². The molecule has 18 heavy (non-hydrogen) atoms. The predicted octanol–water partition coefficient (Wildman–Crippen LogP) is 3.61. The predicted molar refractivity (Wildman–Crippen MR) is 78.3 cm³/mol. The van der Waals surface area contributed by atoms with Crippen LogP contribution in [0.4, 0.5) is 5.69 Å². The average Bonchev–Trinajstić information content (AvgIpc) is 2.40. The van der Waals surface area contributed by atoms with Gasteiger partial charge in [-0.25, -0.2) is 0 Å². The van der Waals surface area contributed by atoms with Crippen LogP contribution in [0.15, 0.2) is 53.4 Å². The van der Waals surface area contributed by atoms with Crippen LogP contribution in [0.5, 0.6) is 5.75 Å². The molecular weight excluding hydrogens is 242 g/mol. The smallest absolute Gasteiger partial charge is 0.118 e. The normalized spacial score (nSPS) is 10.3. The van der Waals surface area contributed by atoms with Crippen molar-refractivity contribution >= 4 is 17.4 Å². The molecule has 0 saturated heterocycles. The summed E-state index contributed by atoms with van der Waals surface area (Å²) in [5.74, 6) is 1.96. The van der Waals surface area contributed by atoms with Crippen molar-refractivity contribution in [3.8, 4) is 5.75 Å². The molecule has 0 unspecified atom stereocenters. The van der Waals surface area contributed by atoms with Crippen LogP contribution in [-0.4, -0.2) is 12.9 Å². The third-order valence-corrected chi connectivity index (χ3v) is 3.67. The first-order valence-electron chi connectivity index (χ1n) is 5.89. The average molecular weight is 259 g/mol. The van der Waals surface area contributed by atoms with E-state index >= 15 is 0 Å². The molecule has 0 saturated carbocycles. The quantitative estimate of drug-likeness (QED) is 0.658. The van der Waals surface area contributed by atoms with E-state index in [1.54, 1.807) is 7.11 Å². The summed E-state index contributed by atoms with van der Waals surface area (Å²) in [6.45, 7) is 0. The van der Waals surface area contributed by atoms with Crippen molar-refractivity contribution in [2.75, 3.05) is 18.6 Å². The zero-order chi connectivity index (χ0) is 12.8. The van der Waals surface area contributed by atoms with Crippen LogP contribution in [0.3, 0.4) is 0 Å². The number of nitrogen functional groups attached to an aromatic ring is 1. The fourth-order valence-corrected chi connectivity index (χ4v) is 2.65. The highest BCUT2D eigenvalue weighted by molar-refractivity contribution is 7.99. The number of rotatable bonds is 5. The monoisotopic (exact) mass is 259 g/mol. The number of methoxy groups -OCH3 is 1. The Kier molecular flexibility index (Phi) is 4.53. The molecular formula is C15H17NOS. The van der Waals surface area contributed by atoms with Gasteiger partial charge in [0, 0.05) is 16.3 Å². The van der Waals surface area contributed by atoms with E-state index in [1.165, 1.54) is 10.5 Å². The second kappa shape index (κ2) is 6.36. The summed E-state index contributed by atoms with van der Waals surface area (Å²) in [7, 11) is 1.69. The fraction of sp³-hybridized carbons (Fsp3) is 0.200. The molecule has 0 aliphatic rings. The number of thioether (sulfide) groups is 1. The van der Waals surface area contributed by atoms with Crippen LogP contribution in [0.1, 0.15) is 5.56 Å². The number of nitrogens with two attached hydrogens (primary N) is 1. The number of aryl methyl sites for hydroxylation is 1. The Labute approximate surface area is 112 Å². The van der Waals surface area contributed by atoms with Gasteiger partial charge in [-0.2, -0.15) is 0 Å². The molecule has 0 aliphatic heterocycles. The van der Waals surface area contributed by atoms with Crippen LogP contribution < -0.4 is 10.5 Å². The first kappa shape index (κ1) is 12.8. The molecule has 94 valence electrons. The molecule has 0 heterocycles. The molecule has 0 aromatic heterocycles. The Morgan fingerprint density at radius 1 is 1.11 bits per heavy atom. The lowest BCUT2D eigenvalue weighted by molar-refractivity contribution is 0.414. The molecule has 0 amide bonds. The lowest BCUT2D eigenvalue weighted by Gasteiger charge is -2.04. The molecule has 0 radical (unpaired) electrons. The zero-order valence-electron chi connectivity index (χ0n) is 10.4. The van der Waals surface area contributed by atoms with Crippen molar-refractivity contribution in [1.82, 2.24) is 0 Å². The molecule has 0 aliphatic carbocycles. The molecule has 0 bridgehead atoms. The van der Waals surface area contributed by atoms with E-state index in [-0.39, 0.29) is 0 Å². The second-order valence-electron chi connectivity index (χ2n) is 4.02. The Hall–Kier alpha value is -1.61. The van der Waals surface area contributed by atoms with E-state index in [4.69, 9.17) is 10.5 Å². The molecule has 0 atom stereocenters. The van der Waals surface area contributed by atoms with Gasteiger partial charge in [0.1, 0.15) is 5.75 Å². The van der Waals surface area contributed by atoms with Gasteiger partial charge in [0.25, 0.3) is 0 Å². The van der Waals surface area contributed by atoms with E-state index in [0.717, 1.165) is 23.6 Å². The van der Waals surface area contributed by atoms with Gasteiger partial charge in [0.15, 0.2) is 0 Å². The summed E-state index contributed by atoms with van der Waals surface area (Å²) in [6, 6.07) is 16.2. The highest BCUT2D eigenvalue weighted by atomic mass is 32.2. The Balaban J connectivity index is 1.84. The third kappa shape index (κ3) is 3.70. The molecule has 3 heteroatoms. The Morgan fingerprint density at radius 2 is 1.89 bits per heavy atom. The van der Waals surface area contributed by atoms with Gasteiger partial charge in [-0.3, -0.25) is 0 Å². The van der Waals surface area contributed by atoms with E-state index in [9.17, 15) is 0 Å². The summed E-state index contributed by atoms with van der Waals surface area (Å²) in [6.07, 6.45) is 1.05. The van der Waals surface area contributed by atoms with Gasteiger partial charge in [-0.15, -0.1) is 11.8 Å². The number of hydrogen-bond acceptors (Lipinski definition) is 3. The SMILES string of the molecule is COc1ccc(CCSc2cccc(N)c2)cc1. The minimum atomic E-state index is 0.824. The number of anilines is 1. The molecule has 2 N–H and O–H groups in total. The van der Waals surface area contributed by atoms with Gasteiger partial charge < -0.3 is 10.5 Å². The largest absolute Gasteiger partial charge is 0.497 e. The highest BCUT2D eigenvalue weighted by Crippen LogP contribution is 2.21. The fourth-order valence-electron chi connectivity index (χ4n) is 1.68. The van der Waals surface area contributed by atoms with Gasteiger partial charge >= 0.3 is 0 Å². The van der Waals surface area contributed by atoms with Gasteiger partial charge in [-0.05, 0) is 42.3 Å². The lowest BCUT2D eigenvalue weighted by Crippen LogP contribution is -1.90. The summed E-state index contributed by atoms with van der Waals surface area (Å²) in [5.41, 5.74) is 7.90. The number of ether oxygens (including phenoxy) is 1. The molecule has 2 nitrogen and oxygen atoms in total. The van der Waals surface area contributed by atoms with Gasteiger partial charge in [0.2, 0.25) is 0 Å². The van der Waals surface area contributed by atoms with Crippen molar-refractivity contribution in [3.63, 3.8) is 0 Å². The lowest BCUT2D eigenvalue weighted by atomic mass is 10.2. The molecule has 0 spiro atoms. The van der Waals surface area contributed by atoms with Crippen molar-refractivity contribution in [1.29, 1.82) is 0 Å². The molecule has 2 rings (SSSR count). The van der Waals surface area contributed by atoms with Crippen molar-refractivity contribution in [3.05, 3.63) is 54.1 Å². The second-order valence-corrected chi connectivity index (χ2v) is 5.19. The van der Waals surface area contributed by atoms with Gasteiger partial charge in [-0.1, -0.05) is 18.2 Å². The Morgan fingerprint density at radius 3 is 2.56 bits per heavy atom. The zero-order valence-corrected chi connectivity index (χ0v) is 11.2. The summed E-state index contributed by atoms with van der Waals surface area (Å²) in [4.78, 5) is 1.23. The van der Waals surface area contributed by atoms with Crippen molar-refractivity contribution in [2.45, 2.75) is 11.3 Å². The first-order valence-corrected chi connectivity index (χ1v) is 6.88. The first-order chi connectivity index (χ1) is 8.78. The van der Waals surface area contributed by atoms with E-state index in [1.807, 2.05) is 42.1 Å². The van der Waals surface area contributed by atoms with Crippen molar-refractivity contribution in [2.24, 2.45) is 0 Å². The maximum atomic E-state index is 5.75. The minimum absolute atomic E-state index is 0.824. The maximum absolute atomic E-state index is 5.75. The summed E-state index contributed by atoms with van der Waals surface area (Å²) in [5, 5.41) is 0. The van der Waals surface area contributed by atoms with Crippen molar-refractivity contribution < 1.29 is 4.74 Å². The highest BCUT2D eigenvalue weighted by Gasteiger charge is 1.97. The molecule has 0 fully saturated rings. The van der Waals surface area contributed by atoms with E-state index < -0.39 is 0 Å². The van der Waals surface area contributed by atoms with Crippen LogP contribution >= 0.6 is 11.8 Å². The van der Waals surface area contributed by atoms with Gasteiger partial charge in [0.05, 0.1) is 7.11 Å². The molecule has 2 aromatic carbocycles. The van der Waals surface area contributed by atoms with E-state index in [0.29, 0.717) is 0 Å². The number of benzene rings is 2. The summed E-state index contributed by atoms with van der Waals surface area (Å²) >= 11 is 1.83. The van der Waals surface area contributed by atoms with Crippen LogP contribution in [-0.2, 0) is 6.42 Å². The Bertz CT molecular complexity index is 496. The standard InChI is InChI=1S/C15H17NOS/c1-17-14-7-5-12(6-8-14)9-10-18-15-4-2-3-13(16)11-15/h2-8,11H,9-10,16H2,1H3. The minimum Gasteiger partial charge on any atom is -0.497 e. The van der Waals surface area contributed by atoms with Crippen LogP contribution in [0.2, 0.25) is 0 Å². The summed E-state index contributed by atoms with van der Waals surface area (Å²) < 4.78 is 5.14. The number of hydrogen-bond donors (Lipinski definition) is 1. The van der Waals surface area contributed by atoms with E-state index in [2.05, 4.69) is 18.2 Å².